The first-order valence-electron chi connectivity index (χ1n) is 10.4. The molecule has 2 aromatic carbocycles. The lowest BCUT2D eigenvalue weighted by molar-refractivity contribution is 0.265. The molecule has 1 heterocycles. The number of hydrogen-bond acceptors (Lipinski definition) is 4. The molecule has 0 radical (unpaired) electrons. The van der Waals surface area contributed by atoms with Crippen LogP contribution in [0.2, 0.25) is 0 Å². The van der Waals surface area contributed by atoms with E-state index in [0.717, 1.165) is 33.5 Å². The van der Waals surface area contributed by atoms with E-state index in [9.17, 15) is 9.90 Å². The van der Waals surface area contributed by atoms with E-state index in [0.29, 0.717) is 36.8 Å². The third-order valence-electron chi connectivity index (χ3n) is 5.17. The molecule has 0 atom stereocenters. The Labute approximate surface area is 187 Å². The molecule has 0 aliphatic carbocycles. The number of nitrogens with zero attached hydrogens (tertiary/aromatic N) is 1. The number of ether oxygens (including phenoxy) is 1. The van der Waals surface area contributed by atoms with E-state index in [4.69, 9.17) is 17.0 Å². The van der Waals surface area contributed by atoms with Crippen LogP contribution in [0.25, 0.3) is 10.9 Å². The predicted molar refractivity (Wildman–Crippen MR) is 130 cm³/mol. The number of rotatable bonds is 8. The van der Waals surface area contributed by atoms with E-state index in [1.165, 1.54) is 0 Å². The number of pyridine rings is 1. The number of aryl methyl sites for hydroxylation is 2. The molecule has 0 aliphatic rings. The summed E-state index contributed by atoms with van der Waals surface area (Å²) in [5, 5.41) is 14.1. The molecule has 6 nitrogen and oxygen atoms in total. The summed E-state index contributed by atoms with van der Waals surface area (Å²) in [6, 6.07) is 13.6. The van der Waals surface area contributed by atoms with Gasteiger partial charge in [0.05, 0.1) is 18.7 Å². The first kappa shape index (κ1) is 22.8. The Morgan fingerprint density at radius 1 is 1.16 bits per heavy atom. The van der Waals surface area contributed by atoms with Gasteiger partial charge in [0.1, 0.15) is 5.75 Å². The van der Waals surface area contributed by atoms with Crippen LogP contribution >= 0.6 is 12.2 Å². The molecule has 0 saturated carbocycles. The Morgan fingerprint density at radius 3 is 2.55 bits per heavy atom. The first-order chi connectivity index (χ1) is 14.9. The fourth-order valence-electron chi connectivity index (χ4n) is 3.46. The van der Waals surface area contributed by atoms with Gasteiger partial charge in [-0.2, -0.15) is 0 Å². The Balaban J connectivity index is 1.83. The molecule has 0 fully saturated rings. The highest BCUT2D eigenvalue weighted by Crippen LogP contribution is 2.21. The number of thiocarbonyl (C=S) groups is 1. The average molecular weight is 440 g/mol. The molecule has 0 bridgehead atoms. The fourth-order valence-corrected chi connectivity index (χ4v) is 3.73. The number of H-pyrrole nitrogens is 1. The van der Waals surface area contributed by atoms with Crippen molar-refractivity contribution < 1.29 is 9.84 Å². The van der Waals surface area contributed by atoms with E-state index in [1.807, 2.05) is 62.1 Å². The highest BCUT2D eigenvalue weighted by Gasteiger charge is 2.14. The molecular formula is C24H29N3O3S. The molecule has 0 unspecified atom stereocenters. The van der Waals surface area contributed by atoms with Crippen LogP contribution in [0.4, 0.5) is 5.69 Å². The third kappa shape index (κ3) is 5.62. The number of anilines is 1. The van der Waals surface area contributed by atoms with Gasteiger partial charge in [-0.1, -0.05) is 12.1 Å². The van der Waals surface area contributed by atoms with Crippen molar-refractivity contribution in [3.63, 3.8) is 0 Å². The molecule has 0 spiro atoms. The quantitative estimate of drug-likeness (QED) is 0.458. The van der Waals surface area contributed by atoms with Crippen LogP contribution in [-0.2, 0) is 6.54 Å². The van der Waals surface area contributed by atoms with Gasteiger partial charge >= 0.3 is 0 Å². The van der Waals surface area contributed by atoms with Crippen molar-refractivity contribution in [1.29, 1.82) is 0 Å². The predicted octanol–water partition coefficient (Wildman–Crippen LogP) is 4.13. The zero-order valence-corrected chi connectivity index (χ0v) is 19.0. The SMILES string of the molecule is CCOc1ccc(NC(=S)N(CCCO)Cc2cc3c(C)ccc(C)c3[nH]c2=O)cc1. The van der Waals surface area contributed by atoms with Crippen LogP contribution in [0.1, 0.15) is 30.0 Å². The number of fused-ring (bicyclic) bond motifs is 1. The highest BCUT2D eigenvalue weighted by molar-refractivity contribution is 7.80. The lowest BCUT2D eigenvalue weighted by Gasteiger charge is -2.26. The van der Waals surface area contributed by atoms with Crippen LogP contribution in [0.3, 0.4) is 0 Å². The maximum Gasteiger partial charge on any atom is 0.253 e. The number of hydrogen-bond donors (Lipinski definition) is 3. The van der Waals surface area contributed by atoms with Gasteiger partial charge in [-0.05, 0) is 80.9 Å². The monoisotopic (exact) mass is 439 g/mol. The lowest BCUT2D eigenvalue weighted by atomic mass is 10.0. The second kappa shape index (κ2) is 10.4. The van der Waals surface area contributed by atoms with Crippen molar-refractivity contribution in [3.8, 4) is 5.75 Å². The molecule has 31 heavy (non-hydrogen) atoms. The molecule has 3 N–H and O–H groups in total. The standard InChI is InChI=1S/C24H29N3O3S/c1-4-30-20-10-8-19(9-11-20)25-24(31)27(12-5-13-28)15-18-14-21-16(2)6-7-17(3)22(21)26-23(18)29/h6-11,14,28H,4-5,12-13,15H2,1-3H3,(H,25,31)(H,26,29). The summed E-state index contributed by atoms with van der Waals surface area (Å²) in [7, 11) is 0. The molecular weight excluding hydrogens is 410 g/mol. The van der Waals surface area contributed by atoms with Crippen molar-refractivity contribution in [2.75, 3.05) is 25.1 Å². The Kier molecular flexibility index (Phi) is 7.65. The minimum Gasteiger partial charge on any atom is -0.494 e. The van der Waals surface area contributed by atoms with Gasteiger partial charge in [-0.15, -0.1) is 0 Å². The van der Waals surface area contributed by atoms with Gasteiger partial charge in [0.25, 0.3) is 5.56 Å². The average Bonchev–Trinajstić information content (AvgIpc) is 2.76. The molecule has 1 aromatic heterocycles. The largest absolute Gasteiger partial charge is 0.494 e. The number of aliphatic hydroxyl groups is 1. The molecule has 7 heteroatoms. The van der Waals surface area contributed by atoms with E-state index in [2.05, 4.69) is 16.4 Å². The van der Waals surface area contributed by atoms with E-state index >= 15 is 0 Å². The van der Waals surface area contributed by atoms with E-state index in [-0.39, 0.29) is 12.2 Å². The lowest BCUT2D eigenvalue weighted by Crippen LogP contribution is -2.37. The van der Waals surface area contributed by atoms with Gasteiger partial charge in [0.15, 0.2) is 5.11 Å². The number of aromatic amines is 1. The van der Waals surface area contributed by atoms with Gasteiger partial charge in [0, 0.05) is 29.8 Å². The van der Waals surface area contributed by atoms with Crippen molar-refractivity contribution in [2.24, 2.45) is 0 Å². The Morgan fingerprint density at radius 2 is 1.87 bits per heavy atom. The third-order valence-corrected chi connectivity index (χ3v) is 5.53. The van der Waals surface area contributed by atoms with Gasteiger partial charge < -0.3 is 25.0 Å². The molecule has 0 aliphatic heterocycles. The molecule has 3 aromatic rings. The normalized spacial score (nSPS) is 10.8. The summed E-state index contributed by atoms with van der Waals surface area (Å²) in [4.78, 5) is 17.7. The maximum absolute atomic E-state index is 12.8. The minimum atomic E-state index is -0.126. The zero-order valence-electron chi connectivity index (χ0n) is 18.2. The fraction of sp³-hybridized carbons (Fsp3) is 0.333. The molecule has 0 amide bonds. The summed E-state index contributed by atoms with van der Waals surface area (Å²) in [6.45, 7) is 7.50. The van der Waals surface area contributed by atoms with Gasteiger partial charge in [-0.25, -0.2) is 0 Å². The second-order valence-electron chi connectivity index (χ2n) is 7.50. The van der Waals surface area contributed by atoms with Crippen molar-refractivity contribution >= 4 is 33.9 Å². The smallest absolute Gasteiger partial charge is 0.253 e. The zero-order chi connectivity index (χ0) is 22.4. The summed E-state index contributed by atoms with van der Waals surface area (Å²) in [5.74, 6) is 0.796. The highest BCUT2D eigenvalue weighted by atomic mass is 32.1. The van der Waals surface area contributed by atoms with Crippen LogP contribution in [0.5, 0.6) is 5.75 Å². The minimum absolute atomic E-state index is 0.0501. The number of aliphatic hydroxyl groups excluding tert-OH is 1. The van der Waals surface area contributed by atoms with Crippen LogP contribution < -0.4 is 15.6 Å². The first-order valence-corrected chi connectivity index (χ1v) is 10.9. The number of benzene rings is 2. The molecule has 164 valence electrons. The van der Waals surface area contributed by atoms with Crippen LogP contribution in [0, 0.1) is 13.8 Å². The van der Waals surface area contributed by atoms with Gasteiger partial charge in [-0.3, -0.25) is 4.79 Å². The van der Waals surface area contributed by atoms with Crippen molar-refractivity contribution in [3.05, 3.63) is 69.5 Å². The molecule has 3 rings (SSSR count). The Bertz CT molecular complexity index is 1110. The van der Waals surface area contributed by atoms with Crippen LogP contribution in [0.15, 0.2) is 47.3 Å². The topological polar surface area (TPSA) is 77.6 Å². The van der Waals surface area contributed by atoms with E-state index in [1.54, 1.807) is 0 Å². The van der Waals surface area contributed by atoms with Crippen molar-refractivity contribution in [2.45, 2.75) is 33.7 Å². The maximum atomic E-state index is 12.8. The Hall–Kier alpha value is -2.90. The number of nitrogens with one attached hydrogen (secondary N) is 2. The number of aromatic nitrogens is 1. The summed E-state index contributed by atoms with van der Waals surface area (Å²) in [5.41, 5.74) is 4.35. The van der Waals surface area contributed by atoms with Gasteiger partial charge in [0.2, 0.25) is 0 Å². The molecule has 0 saturated heterocycles. The summed E-state index contributed by atoms with van der Waals surface area (Å²) < 4.78 is 5.47. The summed E-state index contributed by atoms with van der Waals surface area (Å²) >= 11 is 5.63. The second-order valence-corrected chi connectivity index (χ2v) is 7.88. The van der Waals surface area contributed by atoms with E-state index < -0.39 is 0 Å². The van der Waals surface area contributed by atoms with Crippen molar-refractivity contribution in [1.82, 2.24) is 9.88 Å². The summed E-state index contributed by atoms with van der Waals surface area (Å²) in [6.07, 6.45) is 0.550. The van der Waals surface area contributed by atoms with Crippen LogP contribution in [-0.4, -0.2) is 39.9 Å².